The second kappa shape index (κ2) is 10.3. The van der Waals surface area contributed by atoms with Gasteiger partial charge in [-0.2, -0.15) is 0 Å². The lowest BCUT2D eigenvalue weighted by molar-refractivity contribution is -0.127. The molecule has 23 heavy (non-hydrogen) atoms. The fraction of sp³-hybridized carbons (Fsp3) is 0.650. The van der Waals surface area contributed by atoms with Crippen LogP contribution in [-0.4, -0.2) is 18.6 Å². The van der Waals surface area contributed by atoms with E-state index in [1.54, 1.807) is 0 Å². The Morgan fingerprint density at radius 2 is 1.87 bits per heavy atom. The van der Waals surface area contributed by atoms with Gasteiger partial charge in [-0.15, -0.1) is 0 Å². The quantitative estimate of drug-likeness (QED) is 0.665. The van der Waals surface area contributed by atoms with Gasteiger partial charge < -0.3 is 10.1 Å². The van der Waals surface area contributed by atoms with E-state index in [2.05, 4.69) is 39.1 Å². The summed E-state index contributed by atoms with van der Waals surface area (Å²) in [5, 5.41) is 3.05. The van der Waals surface area contributed by atoms with Gasteiger partial charge in [-0.3, -0.25) is 4.79 Å². The molecule has 1 N–H and O–H groups in total. The number of unbranched alkanes of at least 4 members (excludes halogenated alkanes) is 1. The zero-order valence-electron chi connectivity index (χ0n) is 15.4. The largest absolute Gasteiger partial charge is 0.481 e. The number of ether oxygens (including phenoxy) is 1. The molecule has 1 amide bonds. The number of amides is 1. The average Bonchev–Trinajstić information content (AvgIpc) is 2.55. The molecule has 0 aliphatic carbocycles. The summed E-state index contributed by atoms with van der Waals surface area (Å²) in [5.74, 6) is 1.72. The Morgan fingerprint density at radius 1 is 1.17 bits per heavy atom. The summed E-state index contributed by atoms with van der Waals surface area (Å²) in [6, 6.07) is 7.95. The van der Waals surface area contributed by atoms with Crippen LogP contribution in [0.15, 0.2) is 24.3 Å². The minimum Gasteiger partial charge on any atom is -0.481 e. The molecule has 3 nitrogen and oxygen atoms in total. The first kappa shape index (κ1) is 19.5. The Kier molecular flexibility index (Phi) is 8.75. The Bertz CT molecular complexity index is 470. The summed E-state index contributed by atoms with van der Waals surface area (Å²) in [7, 11) is 0. The van der Waals surface area contributed by atoms with Gasteiger partial charge in [0.15, 0.2) is 6.10 Å². The van der Waals surface area contributed by atoms with E-state index < -0.39 is 6.10 Å². The van der Waals surface area contributed by atoms with Crippen LogP contribution in [0.3, 0.4) is 0 Å². The molecule has 0 fully saturated rings. The number of carbonyl (C=O) groups excluding carboxylic acids is 1. The lowest BCUT2D eigenvalue weighted by Crippen LogP contribution is -2.39. The van der Waals surface area contributed by atoms with Crippen molar-refractivity contribution in [3.63, 3.8) is 0 Å². The molecule has 0 saturated carbocycles. The zero-order valence-corrected chi connectivity index (χ0v) is 15.4. The number of nitrogens with one attached hydrogen (secondary N) is 1. The average molecular weight is 319 g/mol. The minimum absolute atomic E-state index is 0.0292. The number of rotatable bonds is 10. The highest BCUT2D eigenvalue weighted by Gasteiger charge is 2.18. The van der Waals surface area contributed by atoms with Crippen LogP contribution < -0.4 is 10.1 Å². The molecular formula is C20H33NO2. The smallest absolute Gasteiger partial charge is 0.260 e. The van der Waals surface area contributed by atoms with Gasteiger partial charge in [0, 0.05) is 6.54 Å². The van der Waals surface area contributed by atoms with Crippen molar-refractivity contribution in [3.05, 3.63) is 29.8 Å². The van der Waals surface area contributed by atoms with Gasteiger partial charge in [-0.05, 0) is 36.8 Å². The third-order valence-corrected chi connectivity index (χ3v) is 4.32. The highest BCUT2D eigenvalue weighted by Crippen LogP contribution is 2.26. The van der Waals surface area contributed by atoms with E-state index in [0.29, 0.717) is 11.8 Å². The molecule has 2 unspecified atom stereocenters. The molecule has 1 aromatic rings. The summed E-state index contributed by atoms with van der Waals surface area (Å²) in [4.78, 5) is 12.3. The van der Waals surface area contributed by atoms with Gasteiger partial charge >= 0.3 is 0 Å². The monoisotopic (exact) mass is 319 g/mol. The SMILES string of the molecule is CCCCC(CC)CNC(=O)C(C)Oc1ccccc1C(C)C. The Hall–Kier alpha value is -1.51. The lowest BCUT2D eigenvalue weighted by atomic mass is 9.99. The van der Waals surface area contributed by atoms with Crippen LogP contribution in [0.5, 0.6) is 5.75 Å². The fourth-order valence-corrected chi connectivity index (χ4v) is 2.64. The van der Waals surface area contributed by atoms with E-state index >= 15 is 0 Å². The van der Waals surface area contributed by atoms with E-state index in [1.807, 2.05) is 25.1 Å². The van der Waals surface area contributed by atoms with Crippen LogP contribution in [0.2, 0.25) is 0 Å². The highest BCUT2D eigenvalue weighted by atomic mass is 16.5. The number of hydrogen-bond donors (Lipinski definition) is 1. The van der Waals surface area contributed by atoms with Crippen molar-refractivity contribution >= 4 is 5.91 Å². The van der Waals surface area contributed by atoms with Gasteiger partial charge in [0.2, 0.25) is 0 Å². The Labute approximate surface area is 141 Å². The second-order valence-corrected chi connectivity index (χ2v) is 6.61. The van der Waals surface area contributed by atoms with Gasteiger partial charge in [-0.1, -0.05) is 65.2 Å². The fourth-order valence-electron chi connectivity index (χ4n) is 2.64. The molecule has 0 spiro atoms. The molecular weight excluding hydrogens is 286 g/mol. The summed E-state index contributed by atoms with van der Waals surface area (Å²) in [5.41, 5.74) is 1.14. The van der Waals surface area contributed by atoms with Gasteiger partial charge in [0.05, 0.1) is 0 Å². The molecule has 1 rings (SSSR count). The van der Waals surface area contributed by atoms with Crippen molar-refractivity contribution in [1.29, 1.82) is 0 Å². The maximum absolute atomic E-state index is 12.3. The van der Waals surface area contributed by atoms with Crippen molar-refractivity contribution in [2.45, 2.75) is 72.3 Å². The van der Waals surface area contributed by atoms with Crippen molar-refractivity contribution in [3.8, 4) is 5.75 Å². The maximum atomic E-state index is 12.3. The van der Waals surface area contributed by atoms with E-state index in [0.717, 1.165) is 24.3 Å². The first-order valence-electron chi connectivity index (χ1n) is 9.02. The lowest BCUT2D eigenvalue weighted by Gasteiger charge is -2.20. The van der Waals surface area contributed by atoms with Gasteiger partial charge in [-0.25, -0.2) is 0 Å². The molecule has 0 aromatic heterocycles. The van der Waals surface area contributed by atoms with Crippen LogP contribution in [0.1, 0.15) is 71.8 Å². The van der Waals surface area contributed by atoms with E-state index in [1.165, 1.54) is 19.3 Å². The summed E-state index contributed by atoms with van der Waals surface area (Å²) in [6.45, 7) is 11.2. The molecule has 0 bridgehead atoms. The second-order valence-electron chi connectivity index (χ2n) is 6.61. The van der Waals surface area contributed by atoms with E-state index in [-0.39, 0.29) is 5.91 Å². The molecule has 0 aliphatic rings. The predicted octanol–water partition coefficient (Wildman–Crippen LogP) is 4.91. The van der Waals surface area contributed by atoms with E-state index in [9.17, 15) is 4.79 Å². The van der Waals surface area contributed by atoms with Crippen LogP contribution in [0.4, 0.5) is 0 Å². The van der Waals surface area contributed by atoms with Crippen LogP contribution in [0, 0.1) is 5.92 Å². The molecule has 1 aromatic carbocycles. The number of benzene rings is 1. The third kappa shape index (κ3) is 6.64. The van der Waals surface area contributed by atoms with Crippen molar-refractivity contribution in [2.24, 2.45) is 5.92 Å². The van der Waals surface area contributed by atoms with Crippen LogP contribution in [0.25, 0.3) is 0 Å². The maximum Gasteiger partial charge on any atom is 0.260 e. The summed E-state index contributed by atoms with van der Waals surface area (Å²) < 4.78 is 5.90. The standard InChI is InChI=1S/C20H33NO2/c1-6-8-11-17(7-2)14-21-20(22)16(5)23-19-13-10-9-12-18(19)15(3)4/h9-10,12-13,15-17H,6-8,11,14H2,1-5H3,(H,21,22). The van der Waals surface area contributed by atoms with Crippen molar-refractivity contribution < 1.29 is 9.53 Å². The highest BCUT2D eigenvalue weighted by molar-refractivity contribution is 5.80. The van der Waals surface area contributed by atoms with Crippen LogP contribution in [-0.2, 0) is 4.79 Å². The topological polar surface area (TPSA) is 38.3 Å². The first-order valence-corrected chi connectivity index (χ1v) is 9.02. The Balaban J connectivity index is 2.54. The summed E-state index contributed by atoms with van der Waals surface area (Å²) >= 11 is 0. The number of para-hydroxylation sites is 1. The van der Waals surface area contributed by atoms with Crippen LogP contribution >= 0.6 is 0 Å². The first-order chi connectivity index (χ1) is 11.0. The van der Waals surface area contributed by atoms with Gasteiger partial charge in [0.1, 0.15) is 5.75 Å². The molecule has 0 saturated heterocycles. The minimum atomic E-state index is -0.474. The predicted molar refractivity (Wildman–Crippen MR) is 96.9 cm³/mol. The van der Waals surface area contributed by atoms with E-state index in [4.69, 9.17) is 4.74 Å². The molecule has 2 atom stereocenters. The van der Waals surface area contributed by atoms with Crippen molar-refractivity contribution in [1.82, 2.24) is 5.32 Å². The third-order valence-electron chi connectivity index (χ3n) is 4.32. The molecule has 3 heteroatoms. The Morgan fingerprint density at radius 3 is 2.48 bits per heavy atom. The summed E-state index contributed by atoms with van der Waals surface area (Å²) in [6.07, 6.45) is 4.24. The zero-order chi connectivity index (χ0) is 17.2. The normalized spacial score (nSPS) is 13.7. The molecule has 130 valence electrons. The molecule has 0 radical (unpaired) electrons. The molecule has 0 heterocycles. The number of carbonyl (C=O) groups is 1. The van der Waals surface area contributed by atoms with Crippen molar-refractivity contribution in [2.75, 3.05) is 6.54 Å². The molecule has 0 aliphatic heterocycles. The number of hydrogen-bond acceptors (Lipinski definition) is 2. The van der Waals surface area contributed by atoms with Gasteiger partial charge in [0.25, 0.3) is 5.91 Å².